The summed E-state index contributed by atoms with van der Waals surface area (Å²) >= 11 is 0. The van der Waals surface area contributed by atoms with Gasteiger partial charge in [0.25, 0.3) is 0 Å². The molecule has 23 heavy (non-hydrogen) atoms. The topological polar surface area (TPSA) is 9.72 Å². The molecule has 128 valence electrons. The first-order valence-electron chi connectivity index (χ1n) is 8.81. The van der Waals surface area contributed by atoms with Crippen LogP contribution in [0.4, 0.5) is 10.1 Å². The zero-order valence-electron chi connectivity index (χ0n) is 15.0. The summed E-state index contributed by atoms with van der Waals surface area (Å²) in [6, 6.07) is 5.56. The standard InChI is InChI=1S/C19H30FN3/c1-15-5-6-18(17(20)11-15)22-9-7-21(8-10-22)12-16-13-23(14-16)19(2,3)4/h5-6,11,16H,7-10,12-14H2,1-4H3. The van der Waals surface area contributed by atoms with Crippen LogP contribution in [0.5, 0.6) is 0 Å². The number of benzene rings is 1. The molecule has 0 saturated carbocycles. The Kier molecular flexibility index (Phi) is 4.65. The lowest BCUT2D eigenvalue weighted by atomic mass is 9.92. The summed E-state index contributed by atoms with van der Waals surface area (Å²) < 4.78 is 14.1. The number of piperazine rings is 1. The van der Waals surface area contributed by atoms with E-state index in [1.165, 1.54) is 19.6 Å². The minimum absolute atomic E-state index is 0.0849. The van der Waals surface area contributed by atoms with Gasteiger partial charge in [-0.3, -0.25) is 9.80 Å². The van der Waals surface area contributed by atoms with Gasteiger partial charge in [-0.1, -0.05) is 6.07 Å². The molecule has 2 aliphatic rings. The average Bonchev–Trinajstić information content (AvgIpc) is 2.42. The number of rotatable bonds is 3. The minimum atomic E-state index is -0.0849. The summed E-state index contributed by atoms with van der Waals surface area (Å²) in [6.45, 7) is 16.4. The van der Waals surface area contributed by atoms with E-state index in [9.17, 15) is 4.39 Å². The van der Waals surface area contributed by atoms with Gasteiger partial charge in [0.05, 0.1) is 5.69 Å². The maximum atomic E-state index is 14.1. The molecular formula is C19H30FN3. The fourth-order valence-corrected chi connectivity index (χ4v) is 3.64. The van der Waals surface area contributed by atoms with Crippen molar-refractivity contribution in [2.75, 3.05) is 50.7 Å². The fraction of sp³-hybridized carbons (Fsp3) is 0.684. The Labute approximate surface area is 140 Å². The van der Waals surface area contributed by atoms with Gasteiger partial charge < -0.3 is 4.90 Å². The zero-order valence-corrected chi connectivity index (χ0v) is 15.0. The highest BCUT2D eigenvalue weighted by molar-refractivity contribution is 5.49. The number of aryl methyl sites for hydroxylation is 1. The van der Waals surface area contributed by atoms with Crippen LogP contribution in [0.25, 0.3) is 0 Å². The smallest absolute Gasteiger partial charge is 0.146 e. The van der Waals surface area contributed by atoms with Crippen molar-refractivity contribution in [2.45, 2.75) is 33.2 Å². The first-order chi connectivity index (χ1) is 10.8. The van der Waals surface area contributed by atoms with Gasteiger partial charge in [-0.25, -0.2) is 4.39 Å². The zero-order chi connectivity index (χ0) is 16.6. The monoisotopic (exact) mass is 319 g/mol. The van der Waals surface area contributed by atoms with Gasteiger partial charge in [-0.15, -0.1) is 0 Å². The van der Waals surface area contributed by atoms with Gasteiger partial charge in [-0.2, -0.15) is 0 Å². The Balaban J connectivity index is 1.46. The quantitative estimate of drug-likeness (QED) is 0.848. The van der Waals surface area contributed by atoms with E-state index in [4.69, 9.17) is 0 Å². The Morgan fingerprint density at radius 3 is 2.30 bits per heavy atom. The van der Waals surface area contributed by atoms with E-state index in [0.29, 0.717) is 5.54 Å². The maximum absolute atomic E-state index is 14.1. The molecule has 2 fully saturated rings. The van der Waals surface area contributed by atoms with Crippen molar-refractivity contribution < 1.29 is 4.39 Å². The molecule has 0 amide bonds. The minimum Gasteiger partial charge on any atom is -0.367 e. The molecule has 2 saturated heterocycles. The molecule has 0 aromatic heterocycles. The molecule has 2 heterocycles. The Hall–Kier alpha value is -1.13. The SMILES string of the molecule is Cc1ccc(N2CCN(CC3CN(C(C)(C)C)C3)CC2)c(F)c1. The van der Waals surface area contributed by atoms with Crippen molar-refractivity contribution in [2.24, 2.45) is 5.92 Å². The Morgan fingerprint density at radius 1 is 1.09 bits per heavy atom. The highest BCUT2D eigenvalue weighted by Gasteiger charge is 2.35. The van der Waals surface area contributed by atoms with Crippen LogP contribution in [-0.4, -0.2) is 61.2 Å². The Bertz CT molecular complexity index is 538. The van der Waals surface area contributed by atoms with Gasteiger partial charge in [0.15, 0.2) is 0 Å². The van der Waals surface area contributed by atoms with Gasteiger partial charge >= 0.3 is 0 Å². The second-order valence-corrected chi connectivity index (χ2v) is 8.18. The molecule has 2 aliphatic heterocycles. The van der Waals surface area contributed by atoms with E-state index < -0.39 is 0 Å². The van der Waals surface area contributed by atoms with Crippen LogP contribution < -0.4 is 4.90 Å². The van der Waals surface area contributed by atoms with Crippen LogP contribution in [0.1, 0.15) is 26.3 Å². The van der Waals surface area contributed by atoms with E-state index in [-0.39, 0.29) is 5.82 Å². The third-order valence-corrected chi connectivity index (χ3v) is 5.24. The summed E-state index contributed by atoms with van der Waals surface area (Å²) in [7, 11) is 0. The lowest BCUT2D eigenvalue weighted by molar-refractivity contribution is -0.00250. The number of nitrogens with zero attached hydrogens (tertiary/aromatic N) is 3. The third kappa shape index (κ3) is 3.86. The summed E-state index contributed by atoms with van der Waals surface area (Å²) in [6.07, 6.45) is 0. The van der Waals surface area contributed by atoms with Crippen LogP contribution in [0, 0.1) is 18.7 Å². The van der Waals surface area contributed by atoms with Crippen LogP contribution >= 0.6 is 0 Å². The van der Waals surface area contributed by atoms with Gasteiger partial charge in [0, 0.05) is 51.4 Å². The fourth-order valence-electron chi connectivity index (χ4n) is 3.64. The van der Waals surface area contributed by atoms with E-state index >= 15 is 0 Å². The first kappa shape index (κ1) is 16.7. The van der Waals surface area contributed by atoms with E-state index in [2.05, 4.69) is 35.5 Å². The average molecular weight is 319 g/mol. The van der Waals surface area contributed by atoms with Crippen LogP contribution in [0.15, 0.2) is 18.2 Å². The predicted octanol–water partition coefficient (Wildman–Crippen LogP) is 2.99. The van der Waals surface area contributed by atoms with Crippen molar-refractivity contribution in [3.63, 3.8) is 0 Å². The molecule has 0 N–H and O–H groups in total. The molecule has 0 radical (unpaired) electrons. The lowest BCUT2D eigenvalue weighted by Gasteiger charge is -2.49. The Morgan fingerprint density at radius 2 is 1.74 bits per heavy atom. The number of likely N-dealkylation sites (tertiary alicyclic amines) is 1. The molecular weight excluding hydrogens is 289 g/mol. The molecule has 1 aromatic carbocycles. The molecule has 0 aliphatic carbocycles. The number of hydrogen-bond donors (Lipinski definition) is 0. The van der Waals surface area contributed by atoms with Crippen molar-refractivity contribution in [3.05, 3.63) is 29.6 Å². The number of anilines is 1. The van der Waals surface area contributed by atoms with Gasteiger partial charge in [0.1, 0.15) is 5.82 Å². The summed E-state index contributed by atoms with van der Waals surface area (Å²) in [5.41, 5.74) is 2.05. The molecule has 0 bridgehead atoms. The van der Waals surface area contributed by atoms with Gasteiger partial charge in [-0.05, 0) is 51.3 Å². The van der Waals surface area contributed by atoms with Gasteiger partial charge in [0.2, 0.25) is 0 Å². The summed E-state index contributed by atoms with van der Waals surface area (Å²) in [4.78, 5) is 7.29. The largest absolute Gasteiger partial charge is 0.367 e. The summed E-state index contributed by atoms with van der Waals surface area (Å²) in [5.74, 6) is 0.718. The molecule has 0 atom stereocenters. The molecule has 3 rings (SSSR count). The van der Waals surface area contributed by atoms with Crippen LogP contribution in [-0.2, 0) is 0 Å². The van der Waals surface area contributed by atoms with Crippen molar-refractivity contribution in [3.8, 4) is 0 Å². The molecule has 3 nitrogen and oxygen atoms in total. The van der Waals surface area contributed by atoms with E-state index in [1.54, 1.807) is 6.07 Å². The predicted molar refractivity (Wildman–Crippen MR) is 94.6 cm³/mol. The highest BCUT2D eigenvalue weighted by atomic mass is 19.1. The van der Waals surface area contributed by atoms with Crippen molar-refractivity contribution in [1.82, 2.24) is 9.80 Å². The molecule has 0 unspecified atom stereocenters. The normalized spacial score (nSPS) is 21.5. The third-order valence-electron chi connectivity index (χ3n) is 5.24. The van der Waals surface area contributed by atoms with Crippen molar-refractivity contribution in [1.29, 1.82) is 0 Å². The molecule has 4 heteroatoms. The van der Waals surface area contributed by atoms with Crippen molar-refractivity contribution >= 4 is 5.69 Å². The summed E-state index contributed by atoms with van der Waals surface area (Å²) in [5, 5.41) is 0. The van der Waals surface area contributed by atoms with E-state index in [1.807, 2.05) is 19.1 Å². The first-order valence-corrected chi connectivity index (χ1v) is 8.81. The second kappa shape index (κ2) is 6.40. The van der Waals surface area contributed by atoms with Crippen LogP contribution in [0.2, 0.25) is 0 Å². The van der Waals surface area contributed by atoms with E-state index in [0.717, 1.165) is 43.3 Å². The molecule has 1 aromatic rings. The van der Waals surface area contributed by atoms with Crippen LogP contribution in [0.3, 0.4) is 0 Å². The maximum Gasteiger partial charge on any atom is 0.146 e. The highest BCUT2D eigenvalue weighted by Crippen LogP contribution is 2.27. The number of hydrogen-bond acceptors (Lipinski definition) is 3. The lowest BCUT2D eigenvalue weighted by Crippen LogP contribution is -2.59. The molecule has 0 spiro atoms. The second-order valence-electron chi connectivity index (χ2n) is 8.18. The number of halogens is 1.